The lowest BCUT2D eigenvalue weighted by Crippen LogP contribution is -2.05. The molecule has 0 bridgehead atoms. The Labute approximate surface area is 172 Å². The average molecular weight is 417 g/mol. The van der Waals surface area contributed by atoms with Crippen LogP contribution in [0.3, 0.4) is 0 Å². The molecule has 0 N–H and O–H groups in total. The van der Waals surface area contributed by atoms with Crippen molar-refractivity contribution in [1.82, 2.24) is 0 Å². The number of carbonyl (C=O) groups is 2. The molecule has 1 aromatic carbocycles. The van der Waals surface area contributed by atoms with E-state index in [-0.39, 0.29) is 18.5 Å². The lowest BCUT2D eigenvalue weighted by Gasteiger charge is -2.07. The molecular weight excluding hydrogens is 387 g/mol. The van der Waals surface area contributed by atoms with Crippen LogP contribution in [0.15, 0.2) is 18.2 Å². The van der Waals surface area contributed by atoms with Crippen molar-refractivity contribution in [3.63, 3.8) is 0 Å². The van der Waals surface area contributed by atoms with E-state index in [0.717, 1.165) is 51.4 Å². The van der Waals surface area contributed by atoms with Crippen molar-refractivity contribution in [2.45, 2.75) is 77.7 Å². The van der Waals surface area contributed by atoms with Gasteiger partial charge in [-0.15, -0.1) is 0 Å². The first kappa shape index (κ1) is 23.8. The highest BCUT2D eigenvalue weighted by Gasteiger charge is 2.07. The van der Waals surface area contributed by atoms with Gasteiger partial charge in [0.15, 0.2) is 0 Å². The van der Waals surface area contributed by atoms with Gasteiger partial charge in [0, 0.05) is 28.5 Å². The zero-order chi connectivity index (χ0) is 19.9. The van der Waals surface area contributed by atoms with E-state index < -0.39 is 0 Å². The highest BCUT2D eigenvalue weighted by molar-refractivity contribution is 6.33. The molecular formula is C21H30Cl2O4. The molecule has 0 heterocycles. The van der Waals surface area contributed by atoms with E-state index in [1.54, 1.807) is 18.2 Å². The molecule has 0 unspecified atom stereocenters. The Balaban J connectivity index is 1.98. The number of carbonyl (C=O) groups excluding carboxylic acids is 2. The van der Waals surface area contributed by atoms with Gasteiger partial charge in [0.1, 0.15) is 6.61 Å². The molecule has 1 rings (SSSR count). The summed E-state index contributed by atoms with van der Waals surface area (Å²) in [7, 11) is 0. The van der Waals surface area contributed by atoms with Gasteiger partial charge in [-0.05, 0) is 37.5 Å². The summed E-state index contributed by atoms with van der Waals surface area (Å²) in [4.78, 5) is 23.2. The molecule has 0 saturated carbocycles. The molecule has 1 aromatic rings. The second kappa shape index (κ2) is 14.8. The fourth-order valence-corrected chi connectivity index (χ4v) is 2.90. The van der Waals surface area contributed by atoms with Gasteiger partial charge in [0.2, 0.25) is 0 Å². The van der Waals surface area contributed by atoms with Gasteiger partial charge in [-0.25, -0.2) is 0 Å². The second-order valence-electron chi connectivity index (χ2n) is 6.59. The molecule has 152 valence electrons. The van der Waals surface area contributed by atoms with Gasteiger partial charge in [-0.1, -0.05) is 62.2 Å². The Morgan fingerprint density at radius 1 is 0.852 bits per heavy atom. The van der Waals surface area contributed by atoms with Crippen molar-refractivity contribution in [3.05, 3.63) is 33.8 Å². The quantitative estimate of drug-likeness (QED) is 0.256. The molecule has 0 atom stereocenters. The molecule has 0 amide bonds. The molecule has 0 saturated heterocycles. The number of rotatable bonds is 14. The number of benzene rings is 1. The van der Waals surface area contributed by atoms with Gasteiger partial charge in [0.25, 0.3) is 0 Å². The van der Waals surface area contributed by atoms with Crippen LogP contribution in [0.5, 0.6) is 0 Å². The van der Waals surface area contributed by atoms with Crippen molar-refractivity contribution in [2.75, 3.05) is 6.61 Å². The summed E-state index contributed by atoms with van der Waals surface area (Å²) in [6.45, 7) is 2.75. The van der Waals surface area contributed by atoms with E-state index in [0.29, 0.717) is 35.1 Å². The summed E-state index contributed by atoms with van der Waals surface area (Å²) in [5.41, 5.74) is 0.714. The molecule has 0 spiro atoms. The minimum Gasteiger partial charge on any atom is -0.466 e. The third-order valence-corrected chi connectivity index (χ3v) is 4.77. The normalized spacial score (nSPS) is 10.6. The Kier molecular flexibility index (Phi) is 13.0. The summed E-state index contributed by atoms with van der Waals surface area (Å²) in [5, 5.41) is 1.11. The smallest absolute Gasteiger partial charge is 0.306 e. The third kappa shape index (κ3) is 11.9. The van der Waals surface area contributed by atoms with Crippen molar-refractivity contribution < 1.29 is 19.1 Å². The zero-order valence-corrected chi connectivity index (χ0v) is 17.6. The summed E-state index contributed by atoms with van der Waals surface area (Å²) in [6.07, 6.45) is 8.66. The molecule has 0 radical (unpaired) electrons. The first-order valence-electron chi connectivity index (χ1n) is 9.78. The first-order valence-corrected chi connectivity index (χ1v) is 10.5. The van der Waals surface area contributed by atoms with Crippen molar-refractivity contribution in [1.29, 1.82) is 0 Å². The fraction of sp³-hybridized carbons (Fsp3) is 0.619. The van der Waals surface area contributed by atoms with Crippen LogP contribution in [0.1, 0.15) is 76.7 Å². The van der Waals surface area contributed by atoms with Crippen molar-refractivity contribution in [3.8, 4) is 0 Å². The summed E-state index contributed by atoms with van der Waals surface area (Å²) in [5.74, 6) is -0.313. The third-order valence-electron chi connectivity index (χ3n) is 4.17. The lowest BCUT2D eigenvalue weighted by atomic mass is 10.1. The largest absolute Gasteiger partial charge is 0.466 e. The molecule has 0 aliphatic carbocycles. The number of esters is 2. The second-order valence-corrected chi connectivity index (χ2v) is 7.44. The van der Waals surface area contributed by atoms with Crippen LogP contribution in [0.25, 0.3) is 0 Å². The van der Waals surface area contributed by atoms with Crippen molar-refractivity contribution >= 4 is 35.1 Å². The molecule has 0 aliphatic rings. The fourth-order valence-electron chi connectivity index (χ4n) is 2.53. The van der Waals surface area contributed by atoms with Gasteiger partial charge in [0.05, 0.1) is 6.61 Å². The molecule has 6 heteroatoms. The van der Waals surface area contributed by atoms with E-state index in [9.17, 15) is 9.59 Å². The number of hydrogen-bond acceptors (Lipinski definition) is 4. The van der Waals surface area contributed by atoms with Crippen LogP contribution >= 0.6 is 23.2 Å². The minimum atomic E-state index is -0.221. The van der Waals surface area contributed by atoms with Gasteiger partial charge < -0.3 is 9.47 Å². The molecule has 4 nitrogen and oxygen atoms in total. The van der Waals surface area contributed by atoms with Crippen LogP contribution in [-0.2, 0) is 25.7 Å². The predicted octanol–water partition coefficient (Wildman–Crippen LogP) is 6.50. The van der Waals surface area contributed by atoms with Crippen molar-refractivity contribution in [2.24, 2.45) is 0 Å². The Morgan fingerprint density at radius 2 is 1.44 bits per heavy atom. The number of halogens is 2. The number of ether oxygens (including phenoxy) is 2. The number of unbranched alkanes of at least 4 members (excludes halogenated alkanes) is 6. The SMILES string of the molecule is CCCCOC(=O)CCCCCCCCC(=O)OCc1cc(Cl)ccc1Cl. The van der Waals surface area contributed by atoms with Crippen LogP contribution in [0.4, 0.5) is 0 Å². The predicted molar refractivity (Wildman–Crippen MR) is 109 cm³/mol. The monoisotopic (exact) mass is 416 g/mol. The Morgan fingerprint density at radius 3 is 2.07 bits per heavy atom. The van der Waals surface area contributed by atoms with Gasteiger partial charge >= 0.3 is 11.9 Å². The topological polar surface area (TPSA) is 52.6 Å². The maximum Gasteiger partial charge on any atom is 0.306 e. The van der Waals surface area contributed by atoms with E-state index >= 15 is 0 Å². The van der Waals surface area contributed by atoms with Gasteiger partial charge in [-0.3, -0.25) is 9.59 Å². The highest BCUT2D eigenvalue weighted by Crippen LogP contribution is 2.21. The number of hydrogen-bond donors (Lipinski definition) is 0. The van der Waals surface area contributed by atoms with Gasteiger partial charge in [-0.2, -0.15) is 0 Å². The standard InChI is InChI=1S/C21H30Cl2O4/c1-2-3-14-26-20(24)10-8-6-4-5-7-9-11-21(25)27-16-17-15-18(22)12-13-19(17)23/h12-13,15H,2-11,14,16H2,1H3. The average Bonchev–Trinajstić information content (AvgIpc) is 2.64. The molecule has 0 aromatic heterocycles. The molecule has 0 fully saturated rings. The van der Waals surface area contributed by atoms with E-state index in [4.69, 9.17) is 32.7 Å². The Bertz CT molecular complexity index is 575. The van der Waals surface area contributed by atoms with Crippen LogP contribution < -0.4 is 0 Å². The first-order chi connectivity index (χ1) is 13.0. The van der Waals surface area contributed by atoms with Crippen LogP contribution in [-0.4, -0.2) is 18.5 Å². The van der Waals surface area contributed by atoms with E-state index in [1.807, 2.05) is 0 Å². The lowest BCUT2D eigenvalue weighted by molar-refractivity contribution is -0.145. The summed E-state index contributed by atoms with van der Waals surface area (Å²) < 4.78 is 10.4. The summed E-state index contributed by atoms with van der Waals surface area (Å²) in [6, 6.07) is 5.10. The van der Waals surface area contributed by atoms with Crippen LogP contribution in [0.2, 0.25) is 10.0 Å². The highest BCUT2D eigenvalue weighted by atomic mass is 35.5. The van der Waals surface area contributed by atoms with Crippen LogP contribution in [0, 0.1) is 0 Å². The minimum absolute atomic E-state index is 0.0917. The molecule has 27 heavy (non-hydrogen) atoms. The maximum atomic E-state index is 11.8. The summed E-state index contributed by atoms with van der Waals surface area (Å²) >= 11 is 11.9. The maximum absolute atomic E-state index is 11.8. The van der Waals surface area contributed by atoms with E-state index in [2.05, 4.69) is 6.92 Å². The zero-order valence-electron chi connectivity index (χ0n) is 16.1. The Hall–Kier alpha value is -1.26. The van der Waals surface area contributed by atoms with E-state index in [1.165, 1.54) is 0 Å². The molecule has 0 aliphatic heterocycles.